The van der Waals surface area contributed by atoms with E-state index in [9.17, 15) is 14.7 Å². The van der Waals surface area contributed by atoms with Crippen molar-refractivity contribution in [1.29, 1.82) is 0 Å². The van der Waals surface area contributed by atoms with Crippen LogP contribution in [0.1, 0.15) is 67.0 Å². The van der Waals surface area contributed by atoms with Crippen LogP contribution in [-0.2, 0) is 9.59 Å². The van der Waals surface area contributed by atoms with Crippen molar-refractivity contribution in [1.82, 2.24) is 4.90 Å². The summed E-state index contributed by atoms with van der Waals surface area (Å²) in [6, 6.07) is 13.0. The Morgan fingerprint density at radius 3 is 2.24 bits per heavy atom. The van der Waals surface area contributed by atoms with Gasteiger partial charge in [0.1, 0.15) is 5.76 Å². The molecule has 1 atom stereocenters. The lowest BCUT2D eigenvalue weighted by Crippen LogP contribution is -2.30. The number of hydrogen-bond acceptors (Lipinski definition) is 3. The number of ketones is 1. The van der Waals surface area contributed by atoms with Crippen molar-refractivity contribution in [3.63, 3.8) is 0 Å². The van der Waals surface area contributed by atoms with Gasteiger partial charge in [0.25, 0.3) is 11.7 Å². The molecule has 0 bridgehead atoms. The summed E-state index contributed by atoms with van der Waals surface area (Å²) in [5.41, 5.74) is 4.89. The van der Waals surface area contributed by atoms with E-state index in [1.807, 2.05) is 57.2 Å². The van der Waals surface area contributed by atoms with Crippen LogP contribution < -0.4 is 0 Å². The van der Waals surface area contributed by atoms with Crippen LogP contribution in [0.2, 0.25) is 0 Å². The van der Waals surface area contributed by atoms with E-state index in [2.05, 4.69) is 13.8 Å². The summed E-state index contributed by atoms with van der Waals surface area (Å²) < 4.78 is 0. The van der Waals surface area contributed by atoms with Gasteiger partial charge in [0.2, 0.25) is 0 Å². The first-order chi connectivity index (χ1) is 13.8. The lowest BCUT2D eigenvalue weighted by molar-refractivity contribution is -0.139. The molecule has 4 nitrogen and oxygen atoms in total. The highest BCUT2D eigenvalue weighted by molar-refractivity contribution is 6.46. The molecule has 1 aliphatic rings. The van der Waals surface area contributed by atoms with Crippen molar-refractivity contribution < 1.29 is 14.7 Å². The lowest BCUT2D eigenvalue weighted by Gasteiger charge is -2.25. The van der Waals surface area contributed by atoms with Gasteiger partial charge in [0.15, 0.2) is 0 Å². The third-order valence-corrected chi connectivity index (χ3v) is 5.70. The molecule has 0 saturated carbocycles. The number of rotatable bonds is 5. The molecule has 1 heterocycles. The van der Waals surface area contributed by atoms with Crippen molar-refractivity contribution in [2.45, 2.75) is 53.0 Å². The number of Topliss-reactive ketones (excluding diaryl/α,β-unsaturated/α-hetero) is 1. The fourth-order valence-electron chi connectivity index (χ4n) is 3.81. The maximum atomic E-state index is 12.9. The molecule has 1 fully saturated rings. The number of carbonyl (C=O) groups excluding carboxylic acids is 2. The van der Waals surface area contributed by atoms with Crippen LogP contribution in [0.3, 0.4) is 0 Å². The zero-order valence-electron chi connectivity index (χ0n) is 17.8. The first-order valence-corrected chi connectivity index (χ1v) is 10.2. The minimum absolute atomic E-state index is 0.108. The summed E-state index contributed by atoms with van der Waals surface area (Å²) in [5.74, 6) is -0.883. The highest BCUT2D eigenvalue weighted by Crippen LogP contribution is 2.39. The Kier molecular flexibility index (Phi) is 5.92. The number of likely N-dealkylation sites (tertiary alicyclic amines) is 1. The summed E-state index contributed by atoms with van der Waals surface area (Å²) in [7, 11) is 0. The Balaban J connectivity index is 2.17. The average molecular weight is 392 g/mol. The number of aliphatic hydroxyl groups excluding tert-OH is 1. The summed E-state index contributed by atoms with van der Waals surface area (Å²) in [5, 5.41) is 11.1. The SMILES string of the molecule is CCCN1C(=O)C(=O)/C(=C(\O)c2ccc(C)c(C)c2)C1c1ccc(C(C)C)cc1. The van der Waals surface area contributed by atoms with E-state index in [-0.39, 0.29) is 11.3 Å². The zero-order valence-corrected chi connectivity index (χ0v) is 17.8. The van der Waals surface area contributed by atoms with E-state index in [1.165, 1.54) is 5.56 Å². The van der Waals surface area contributed by atoms with E-state index < -0.39 is 17.7 Å². The molecule has 29 heavy (non-hydrogen) atoms. The maximum Gasteiger partial charge on any atom is 0.295 e. The van der Waals surface area contributed by atoms with E-state index in [0.29, 0.717) is 18.0 Å². The third-order valence-electron chi connectivity index (χ3n) is 5.70. The topological polar surface area (TPSA) is 57.6 Å². The summed E-state index contributed by atoms with van der Waals surface area (Å²) in [4.78, 5) is 27.2. The first kappa shape index (κ1) is 20.8. The van der Waals surface area contributed by atoms with Gasteiger partial charge >= 0.3 is 0 Å². The van der Waals surface area contributed by atoms with Crippen LogP contribution >= 0.6 is 0 Å². The fraction of sp³-hybridized carbons (Fsp3) is 0.360. The molecule has 152 valence electrons. The molecule has 0 radical (unpaired) electrons. The molecule has 1 amide bonds. The standard InChI is InChI=1S/C25H29NO3/c1-6-13-26-22(19-11-9-18(10-12-19)15(2)3)21(24(28)25(26)29)23(27)20-8-7-16(4)17(5)14-20/h7-12,14-15,22,27H,6,13H2,1-5H3/b23-21-. The zero-order chi connectivity index (χ0) is 21.3. The van der Waals surface area contributed by atoms with Crippen molar-refractivity contribution in [3.05, 3.63) is 75.9 Å². The normalized spacial score (nSPS) is 18.7. The second-order valence-corrected chi connectivity index (χ2v) is 8.11. The predicted octanol–water partition coefficient (Wildman–Crippen LogP) is 5.26. The van der Waals surface area contributed by atoms with Gasteiger partial charge in [-0.1, -0.05) is 57.2 Å². The second-order valence-electron chi connectivity index (χ2n) is 8.11. The first-order valence-electron chi connectivity index (χ1n) is 10.2. The summed E-state index contributed by atoms with van der Waals surface area (Å²) >= 11 is 0. The van der Waals surface area contributed by atoms with Gasteiger partial charge in [-0.25, -0.2) is 0 Å². The number of nitrogens with zero attached hydrogens (tertiary/aromatic N) is 1. The third kappa shape index (κ3) is 3.84. The molecule has 3 rings (SSSR count). The quantitative estimate of drug-likeness (QED) is 0.430. The molecular weight excluding hydrogens is 362 g/mol. The van der Waals surface area contributed by atoms with Gasteiger partial charge in [0, 0.05) is 12.1 Å². The molecule has 1 unspecified atom stereocenters. The van der Waals surface area contributed by atoms with Crippen LogP contribution in [0.15, 0.2) is 48.0 Å². The molecule has 0 aliphatic carbocycles. The largest absolute Gasteiger partial charge is 0.507 e. The van der Waals surface area contributed by atoms with Crippen LogP contribution in [0.25, 0.3) is 5.76 Å². The van der Waals surface area contributed by atoms with Crippen LogP contribution in [0.5, 0.6) is 0 Å². The minimum Gasteiger partial charge on any atom is -0.507 e. The fourth-order valence-corrected chi connectivity index (χ4v) is 3.81. The van der Waals surface area contributed by atoms with Crippen molar-refractivity contribution >= 4 is 17.4 Å². The van der Waals surface area contributed by atoms with Crippen molar-refractivity contribution in [2.75, 3.05) is 6.54 Å². The second kappa shape index (κ2) is 8.24. The van der Waals surface area contributed by atoms with Crippen LogP contribution in [0.4, 0.5) is 0 Å². The molecular formula is C25H29NO3. The highest BCUT2D eigenvalue weighted by atomic mass is 16.3. The molecule has 4 heteroatoms. The number of carbonyl (C=O) groups is 2. The van der Waals surface area contributed by atoms with E-state index in [4.69, 9.17) is 0 Å². The monoisotopic (exact) mass is 391 g/mol. The van der Waals surface area contributed by atoms with Gasteiger partial charge in [-0.15, -0.1) is 0 Å². The Hall–Kier alpha value is -2.88. The summed E-state index contributed by atoms with van der Waals surface area (Å²) in [6.07, 6.45) is 0.733. The molecule has 2 aromatic rings. The molecule has 1 N–H and O–H groups in total. The summed E-state index contributed by atoms with van der Waals surface area (Å²) in [6.45, 7) is 10.6. The highest BCUT2D eigenvalue weighted by Gasteiger charge is 2.45. The number of hydrogen-bond donors (Lipinski definition) is 1. The molecule has 1 aliphatic heterocycles. The predicted molar refractivity (Wildman–Crippen MR) is 116 cm³/mol. The molecule has 1 saturated heterocycles. The van der Waals surface area contributed by atoms with Gasteiger partial charge in [-0.3, -0.25) is 9.59 Å². The number of aliphatic hydroxyl groups is 1. The van der Waals surface area contributed by atoms with E-state index >= 15 is 0 Å². The smallest absolute Gasteiger partial charge is 0.295 e. The van der Waals surface area contributed by atoms with Crippen LogP contribution in [-0.4, -0.2) is 28.2 Å². The Morgan fingerprint density at radius 1 is 1.03 bits per heavy atom. The molecule has 0 spiro atoms. The minimum atomic E-state index is -0.618. The van der Waals surface area contributed by atoms with Crippen molar-refractivity contribution in [3.8, 4) is 0 Å². The van der Waals surface area contributed by atoms with E-state index in [0.717, 1.165) is 23.1 Å². The van der Waals surface area contributed by atoms with Gasteiger partial charge < -0.3 is 10.0 Å². The lowest BCUT2D eigenvalue weighted by atomic mass is 9.92. The van der Waals surface area contributed by atoms with E-state index in [1.54, 1.807) is 11.0 Å². The van der Waals surface area contributed by atoms with Crippen LogP contribution in [0, 0.1) is 13.8 Å². The maximum absolute atomic E-state index is 12.9. The Bertz CT molecular complexity index is 970. The van der Waals surface area contributed by atoms with Gasteiger partial charge in [-0.2, -0.15) is 0 Å². The average Bonchev–Trinajstić information content (AvgIpc) is 2.95. The van der Waals surface area contributed by atoms with Crippen molar-refractivity contribution in [2.24, 2.45) is 0 Å². The molecule has 2 aromatic carbocycles. The number of benzene rings is 2. The molecule has 0 aromatic heterocycles. The van der Waals surface area contributed by atoms with Gasteiger partial charge in [-0.05, 0) is 54.5 Å². The van der Waals surface area contributed by atoms with Gasteiger partial charge in [0.05, 0.1) is 11.6 Å². The Labute approximate surface area is 172 Å². The Morgan fingerprint density at radius 2 is 1.69 bits per heavy atom. The number of amides is 1. The number of aryl methyl sites for hydroxylation is 2.